The van der Waals surface area contributed by atoms with E-state index < -0.39 is 22.2 Å². The van der Waals surface area contributed by atoms with Crippen molar-refractivity contribution in [3.63, 3.8) is 0 Å². The second-order valence-electron chi connectivity index (χ2n) is 9.68. The molecule has 0 aromatic heterocycles. The van der Waals surface area contributed by atoms with Crippen molar-refractivity contribution in [3.05, 3.63) is 82.9 Å². The molecule has 8 nitrogen and oxygen atoms in total. The maximum absolute atomic E-state index is 13.7. The van der Waals surface area contributed by atoms with Crippen LogP contribution in [0.1, 0.15) is 28.2 Å². The van der Waals surface area contributed by atoms with Crippen molar-refractivity contribution in [3.8, 4) is 11.1 Å². The van der Waals surface area contributed by atoms with Crippen LogP contribution in [0.25, 0.3) is 11.1 Å². The molecule has 0 saturated carbocycles. The fourth-order valence-electron chi connectivity index (χ4n) is 5.36. The molecule has 1 saturated heterocycles. The van der Waals surface area contributed by atoms with E-state index in [1.807, 2.05) is 29.2 Å². The molecule has 0 atom stereocenters. The van der Waals surface area contributed by atoms with Crippen molar-refractivity contribution in [2.45, 2.75) is 24.3 Å². The Hall–Kier alpha value is -3.25. The standard InChI is InChI=1S/C27H28BFN2O6S/c1-18-19(14-20(38(29,35)36)15-26(18)28(33)34)16-30-10-12-31(13-11-30)27(32)37-17-25-23-8-4-2-6-21(23)22-7-3-5-9-24(22)25/h2-9,14-15,25,33-34H,10-13,16-17H2,1H3. The smallest absolute Gasteiger partial charge is 0.448 e. The first kappa shape index (κ1) is 26.4. The molecule has 1 heterocycles. The Balaban J connectivity index is 1.21. The van der Waals surface area contributed by atoms with Crippen molar-refractivity contribution in [1.82, 2.24) is 9.80 Å². The number of rotatable bonds is 6. The van der Waals surface area contributed by atoms with Gasteiger partial charge in [0.1, 0.15) is 6.61 Å². The third-order valence-electron chi connectivity index (χ3n) is 7.45. The first-order chi connectivity index (χ1) is 18.1. The highest BCUT2D eigenvalue weighted by molar-refractivity contribution is 7.86. The SMILES string of the molecule is Cc1c(CN2CCN(C(=O)OCC3c4ccccc4-c4ccccc43)CC2)cc(S(=O)(=O)F)cc1B(O)O. The molecule has 1 aliphatic heterocycles. The van der Waals surface area contributed by atoms with Crippen LogP contribution in [-0.2, 0) is 21.5 Å². The lowest BCUT2D eigenvalue weighted by molar-refractivity contribution is 0.0728. The van der Waals surface area contributed by atoms with Crippen LogP contribution < -0.4 is 5.46 Å². The molecule has 1 fully saturated rings. The van der Waals surface area contributed by atoms with Gasteiger partial charge < -0.3 is 19.7 Å². The number of carbonyl (C=O) groups excluding carboxylic acids is 1. The van der Waals surface area contributed by atoms with Crippen LogP contribution in [0, 0.1) is 6.92 Å². The summed E-state index contributed by atoms with van der Waals surface area (Å²) >= 11 is 0. The maximum Gasteiger partial charge on any atom is 0.488 e. The van der Waals surface area contributed by atoms with Gasteiger partial charge in [-0.1, -0.05) is 48.5 Å². The third kappa shape index (κ3) is 5.19. The number of amides is 1. The predicted octanol–water partition coefficient (Wildman–Crippen LogP) is 2.40. The van der Waals surface area contributed by atoms with Crippen LogP contribution in [-0.4, -0.2) is 74.3 Å². The average molecular weight is 538 g/mol. The molecule has 5 rings (SSSR count). The summed E-state index contributed by atoms with van der Waals surface area (Å²) in [7, 11) is -6.95. The lowest BCUT2D eigenvalue weighted by atomic mass is 9.76. The number of ether oxygens (including phenoxy) is 1. The Kier molecular flexibility index (Phi) is 7.28. The van der Waals surface area contributed by atoms with Crippen LogP contribution in [0.4, 0.5) is 8.68 Å². The molecule has 1 amide bonds. The van der Waals surface area contributed by atoms with E-state index in [0.717, 1.165) is 28.3 Å². The largest absolute Gasteiger partial charge is 0.488 e. The van der Waals surface area contributed by atoms with Gasteiger partial charge in [0, 0.05) is 38.6 Å². The van der Waals surface area contributed by atoms with Gasteiger partial charge >= 0.3 is 23.4 Å². The summed E-state index contributed by atoms with van der Waals surface area (Å²) < 4.78 is 42.4. The van der Waals surface area contributed by atoms with Gasteiger partial charge in [0.15, 0.2) is 0 Å². The molecule has 0 bridgehead atoms. The van der Waals surface area contributed by atoms with E-state index in [4.69, 9.17) is 4.74 Å². The summed E-state index contributed by atoms with van der Waals surface area (Å²) in [6, 6.07) is 18.4. The quantitative estimate of drug-likeness (QED) is 0.367. The van der Waals surface area contributed by atoms with Crippen molar-refractivity contribution < 1.29 is 31.9 Å². The van der Waals surface area contributed by atoms with E-state index in [9.17, 15) is 27.1 Å². The molecule has 2 N–H and O–H groups in total. The topological polar surface area (TPSA) is 107 Å². The highest BCUT2D eigenvalue weighted by Crippen LogP contribution is 2.44. The molecule has 2 aliphatic rings. The van der Waals surface area contributed by atoms with Gasteiger partial charge in [-0.3, -0.25) is 4.90 Å². The number of hydrogen-bond donors (Lipinski definition) is 2. The number of piperazine rings is 1. The first-order valence-electron chi connectivity index (χ1n) is 12.4. The van der Waals surface area contributed by atoms with Gasteiger partial charge in [-0.05, 0) is 57.9 Å². The molecule has 11 heteroatoms. The maximum atomic E-state index is 13.7. The summed E-state index contributed by atoms with van der Waals surface area (Å²) in [5.74, 6) is -0.0225. The Bertz CT molecular complexity index is 1430. The molecule has 1 aliphatic carbocycles. The van der Waals surface area contributed by atoms with Gasteiger partial charge in [-0.25, -0.2) is 4.79 Å². The zero-order valence-electron chi connectivity index (χ0n) is 20.9. The van der Waals surface area contributed by atoms with Crippen LogP contribution in [0.15, 0.2) is 65.6 Å². The number of benzene rings is 3. The van der Waals surface area contributed by atoms with Crippen LogP contribution in [0.2, 0.25) is 0 Å². The highest BCUT2D eigenvalue weighted by atomic mass is 32.3. The van der Waals surface area contributed by atoms with E-state index in [-0.39, 0.29) is 30.6 Å². The van der Waals surface area contributed by atoms with E-state index in [0.29, 0.717) is 37.3 Å². The number of halogens is 1. The van der Waals surface area contributed by atoms with Crippen LogP contribution in [0.5, 0.6) is 0 Å². The fraction of sp³-hybridized carbons (Fsp3) is 0.296. The van der Waals surface area contributed by atoms with Gasteiger partial charge in [-0.15, -0.1) is 3.89 Å². The second-order valence-corrected chi connectivity index (χ2v) is 11.0. The van der Waals surface area contributed by atoms with Gasteiger partial charge in [-0.2, -0.15) is 8.42 Å². The van der Waals surface area contributed by atoms with E-state index in [1.165, 1.54) is 6.07 Å². The Morgan fingerprint density at radius 3 is 2.13 bits per heavy atom. The summed E-state index contributed by atoms with van der Waals surface area (Å²) in [6.45, 7) is 3.95. The molecular formula is C27H28BFN2O6S. The highest BCUT2D eigenvalue weighted by Gasteiger charge is 2.31. The number of fused-ring (bicyclic) bond motifs is 3. The van der Waals surface area contributed by atoms with Crippen molar-refractivity contribution in [1.29, 1.82) is 0 Å². The normalized spacial score (nSPS) is 15.7. The lowest BCUT2D eigenvalue weighted by Crippen LogP contribution is -2.48. The molecule has 0 radical (unpaired) electrons. The molecule has 3 aromatic rings. The van der Waals surface area contributed by atoms with Crippen molar-refractivity contribution in [2.24, 2.45) is 0 Å². The fourth-order valence-corrected chi connectivity index (χ4v) is 5.91. The summed E-state index contributed by atoms with van der Waals surface area (Å²) in [4.78, 5) is 15.9. The minimum absolute atomic E-state index is 0.0225. The summed E-state index contributed by atoms with van der Waals surface area (Å²) in [6.07, 6.45) is -0.390. The van der Waals surface area contributed by atoms with E-state index >= 15 is 0 Å². The Labute approximate surface area is 221 Å². The van der Waals surface area contributed by atoms with Gasteiger partial charge in [0.05, 0.1) is 4.90 Å². The van der Waals surface area contributed by atoms with Crippen LogP contribution in [0.3, 0.4) is 0 Å². The van der Waals surface area contributed by atoms with Gasteiger partial charge in [0.25, 0.3) is 0 Å². The summed E-state index contributed by atoms with van der Waals surface area (Å²) in [5.41, 5.74) is 5.51. The Morgan fingerprint density at radius 1 is 1.00 bits per heavy atom. The number of hydrogen-bond acceptors (Lipinski definition) is 7. The third-order valence-corrected chi connectivity index (χ3v) is 8.25. The van der Waals surface area contributed by atoms with Crippen LogP contribution >= 0.6 is 0 Å². The second kappa shape index (κ2) is 10.5. The predicted molar refractivity (Wildman–Crippen MR) is 141 cm³/mol. The zero-order chi connectivity index (χ0) is 27.0. The molecule has 0 unspecified atom stereocenters. The van der Waals surface area contributed by atoms with Crippen molar-refractivity contribution >= 4 is 28.9 Å². The van der Waals surface area contributed by atoms with Gasteiger partial charge in [0.2, 0.25) is 0 Å². The Morgan fingerprint density at radius 2 is 1.58 bits per heavy atom. The minimum Gasteiger partial charge on any atom is -0.448 e. The molecular weight excluding hydrogens is 510 g/mol. The van der Waals surface area contributed by atoms with E-state index in [1.54, 1.807) is 11.8 Å². The molecule has 0 spiro atoms. The first-order valence-corrected chi connectivity index (χ1v) is 13.8. The van der Waals surface area contributed by atoms with Crippen molar-refractivity contribution in [2.75, 3.05) is 32.8 Å². The molecule has 38 heavy (non-hydrogen) atoms. The zero-order valence-corrected chi connectivity index (χ0v) is 21.7. The number of carbonyl (C=O) groups is 1. The molecule has 198 valence electrons. The minimum atomic E-state index is -5.02. The molecule has 3 aromatic carbocycles. The lowest BCUT2D eigenvalue weighted by Gasteiger charge is -2.34. The monoisotopic (exact) mass is 538 g/mol. The summed E-state index contributed by atoms with van der Waals surface area (Å²) in [5, 5.41) is 19.3. The van der Waals surface area contributed by atoms with E-state index in [2.05, 4.69) is 24.3 Å². The number of nitrogens with zero attached hydrogens (tertiary/aromatic N) is 2. The average Bonchev–Trinajstić information content (AvgIpc) is 3.21.